The number of hydrogen-bond acceptors (Lipinski definition) is 2. The summed E-state index contributed by atoms with van der Waals surface area (Å²) >= 11 is 0. The van der Waals surface area contributed by atoms with Crippen LogP contribution in [0.3, 0.4) is 0 Å². The average molecular weight is 144 g/mol. The zero-order chi connectivity index (χ0) is 5.91. The molecule has 42 valence electrons. The normalized spacial score (nSPS) is 8.25. The summed E-state index contributed by atoms with van der Waals surface area (Å²) < 4.78 is 27.0. The van der Waals surface area contributed by atoms with Crippen LogP contribution in [-0.4, -0.2) is 42.5 Å². The summed E-state index contributed by atoms with van der Waals surface area (Å²) in [5.74, 6) is 2.02. The SMILES string of the molecule is CC#CS(=O)(=O)O.[NaH]. The Balaban J connectivity index is 0. The Morgan fingerprint density at radius 1 is 1.50 bits per heavy atom. The molecular formula is C3H5NaO3S. The van der Waals surface area contributed by atoms with E-state index in [4.69, 9.17) is 4.55 Å². The Bertz CT molecular complexity index is 194. The summed E-state index contributed by atoms with van der Waals surface area (Å²) in [6.45, 7) is 1.33. The molecule has 0 aromatic rings. The van der Waals surface area contributed by atoms with Gasteiger partial charge in [-0.05, 0) is 6.92 Å². The molecule has 0 amide bonds. The maximum atomic E-state index is 9.61. The number of rotatable bonds is 0. The molecule has 3 nitrogen and oxygen atoms in total. The van der Waals surface area contributed by atoms with Crippen LogP contribution in [0.25, 0.3) is 0 Å². The van der Waals surface area contributed by atoms with E-state index in [0.29, 0.717) is 0 Å². The first-order valence-corrected chi connectivity index (χ1v) is 2.91. The van der Waals surface area contributed by atoms with E-state index >= 15 is 0 Å². The standard InChI is InChI=1S/C3H4O3S.Na.H/c1-2-3-7(4,5)6;;/h1H3,(H,4,5,6);;. The van der Waals surface area contributed by atoms with Gasteiger partial charge < -0.3 is 0 Å². The van der Waals surface area contributed by atoms with Gasteiger partial charge in [0.05, 0.1) is 5.25 Å². The summed E-state index contributed by atoms with van der Waals surface area (Å²) in [6.07, 6.45) is 0. The van der Waals surface area contributed by atoms with Crippen molar-refractivity contribution in [3.8, 4) is 11.2 Å². The Labute approximate surface area is 70.5 Å². The van der Waals surface area contributed by atoms with Gasteiger partial charge in [-0.1, -0.05) is 5.92 Å². The zero-order valence-corrected chi connectivity index (χ0v) is 4.49. The predicted molar refractivity (Wildman–Crippen MR) is 32.1 cm³/mol. The Hall–Kier alpha value is 0.470. The topological polar surface area (TPSA) is 54.4 Å². The van der Waals surface area contributed by atoms with Gasteiger partial charge in [0.1, 0.15) is 0 Å². The molecule has 0 aliphatic rings. The second kappa shape index (κ2) is 4.36. The first-order valence-electron chi connectivity index (χ1n) is 1.47. The minimum atomic E-state index is -4.04. The minimum absolute atomic E-state index is 0. The van der Waals surface area contributed by atoms with Crippen molar-refractivity contribution in [3.05, 3.63) is 0 Å². The van der Waals surface area contributed by atoms with Crippen molar-refractivity contribution in [2.24, 2.45) is 0 Å². The molecule has 0 aliphatic carbocycles. The van der Waals surface area contributed by atoms with E-state index in [2.05, 4.69) is 0 Å². The molecule has 0 aromatic heterocycles. The molecule has 0 spiro atoms. The molecule has 0 aromatic carbocycles. The van der Waals surface area contributed by atoms with E-state index in [-0.39, 0.29) is 29.6 Å². The third-order valence-electron chi connectivity index (χ3n) is 0.231. The van der Waals surface area contributed by atoms with Gasteiger partial charge in [0.2, 0.25) is 0 Å². The van der Waals surface area contributed by atoms with E-state index in [0.717, 1.165) is 0 Å². The van der Waals surface area contributed by atoms with E-state index in [9.17, 15) is 8.42 Å². The molecule has 0 atom stereocenters. The van der Waals surface area contributed by atoms with E-state index in [1.165, 1.54) is 6.92 Å². The van der Waals surface area contributed by atoms with Gasteiger partial charge in [0.25, 0.3) is 0 Å². The van der Waals surface area contributed by atoms with Crippen LogP contribution in [0.4, 0.5) is 0 Å². The van der Waals surface area contributed by atoms with Gasteiger partial charge in [-0.3, -0.25) is 4.55 Å². The molecule has 0 bridgehead atoms. The molecule has 0 saturated heterocycles. The van der Waals surface area contributed by atoms with E-state index < -0.39 is 10.1 Å². The maximum absolute atomic E-state index is 9.61. The number of hydrogen-bond donors (Lipinski definition) is 1. The van der Waals surface area contributed by atoms with Crippen LogP contribution in [-0.2, 0) is 10.1 Å². The van der Waals surface area contributed by atoms with Gasteiger partial charge in [0.15, 0.2) is 0 Å². The monoisotopic (exact) mass is 144 g/mol. The third-order valence-corrected chi connectivity index (χ3v) is 0.693. The van der Waals surface area contributed by atoms with E-state index in [1.807, 2.05) is 5.92 Å². The van der Waals surface area contributed by atoms with Crippen LogP contribution >= 0.6 is 0 Å². The molecule has 0 saturated carbocycles. The Morgan fingerprint density at radius 2 is 1.88 bits per heavy atom. The summed E-state index contributed by atoms with van der Waals surface area (Å²) in [6, 6.07) is 0. The van der Waals surface area contributed by atoms with E-state index in [1.54, 1.807) is 5.25 Å². The second-order valence-electron chi connectivity index (χ2n) is 0.827. The van der Waals surface area contributed by atoms with Gasteiger partial charge >= 0.3 is 39.7 Å². The van der Waals surface area contributed by atoms with Gasteiger partial charge in [-0.25, -0.2) is 0 Å². The van der Waals surface area contributed by atoms with Crippen LogP contribution in [0.5, 0.6) is 0 Å². The quantitative estimate of drug-likeness (QED) is 0.275. The predicted octanol–water partition coefficient (Wildman–Crippen LogP) is -0.794. The van der Waals surface area contributed by atoms with Crippen molar-refractivity contribution >= 4 is 39.7 Å². The summed E-state index contributed by atoms with van der Waals surface area (Å²) in [5.41, 5.74) is 0. The van der Waals surface area contributed by atoms with Crippen molar-refractivity contribution in [1.29, 1.82) is 0 Å². The fourth-order valence-corrected chi connectivity index (χ4v) is 0.387. The molecule has 0 fully saturated rings. The van der Waals surface area contributed by atoms with Gasteiger partial charge in [-0.15, -0.1) is 0 Å². The zero-order valence-electron chi connectivity index (χ0n) is 3.67. The molecule has 0 radical (unpaired) electrons. The van der Waals surface area contributed by atoms with Crippen molar-refractivity contribution in [3.63, 3.8) is 0 Å². The summed E-state index contributed by atoms with van der Waals surface area (Å²) in [7, 11) is -4.04. The van der Waals surface area contributed by atoms with Crippen LogP contribution in [0.1, 0.15) is 6.92 Å². The van der Waals surface area contributed by atoms with Crippen LogP contribution < -0.4 is 0 Å². The van der Waals surface area contributed by atoms with Crippen molar-refractivity contribution in [2.75, 3.05) is 0 Å². The molecular weight excluding hydrogens is 139 g/mol. The van der Waals surface area contributed by atoms with Crippen molar-refractivity contribution in [1.82, 2.24) is 0 Å². The van der Waals surface area contributed by atoms with Gasteiger partial charge in [0, 0.05) is 0 Å². The Kier molecular flexibility index (Phi) is 6.15. The fourth-order valence-electron chi connectivity index (χ4n) is 0.129. The first-order chi connectivity index (χ1) is 3.06. The van der Waals surface area contributed by atoms with Crippen LogP contribution in [0.15, 0.2) is 0 Å². The molecule has 0 unspecified atom stereocenters. The average Bonchev–Trinajstić information content (AvgIpc) is 1.30. The molecule has 8 heavy (non-hydrogen) atoms. The van der Waals surface area contributed by atoms with Gasteiger partial charge in [-0.2, -0.15) is 8.42 Å². The third kappa shape index (κ3) is 9.69. The molecule has 0 aliphatic heterocycles. The first kappa shape index (κ1) is 11.3. The molecule has 0 heterocycles. The fraction of sp³-hybridized carbons (Fsp3) is 0.333. The molecule has 1 N–H and O–H groups in total. The molecule has 0 rings (SSSR count). The van der Waals surface area contributed by atoms with Crippen molar-refractivity contribution in [2.45, 2.75) is 6.92 Å². The van der Waals surface area contributed by atoms with Crippen molar-refractivity contribution < 1.29 is 13.0 Å². The second-order valence-corrected chi connectivity index (χ2v) is 1.98. The summed E-state index contributed by atoms with van der Waals surface area (Å²) in [4.78, 5) is 0. The molecule has 5 heteroatoms. The summed E-state index contributed by atoms with van der Waals surface area (Å²) in [5, 5.41) is 1.56. The van der Waals surface area contributed by atoms with Crippen LogP contribution in [0, 0.1) is 11.2 Å². The van der Waals surface area contributed by atoms with Crippen LogP contribution in [0.2, 0.25) is 0 Å². The Morgan fingerprint density at radius 3 is 1.88 bits per heavy atom.